The summed E-state index contributed by atoms with van der Waals surface area (Å²) in [5.74, 6) is 1.51. The van der Waals surface area contributed by atoms with Gasteiger partial charge in [0, 0.05) is 43.9 Å². The second-order valence-corrected chi connectivity index (χ2v) is 7.29. The zero-order valence-electron chi connectivity index (χ0n) is 16.1. The van der Waals surface area contributed by atoms with Crippen molar-refractivity contribution >= 4 is 41.3 Å². The van der Waals surface area contributed by atoms with Crippen LogP contribution in [0, 0.1) is 12.8 Å². The van der Waals surface area contributed by atoms with E-state index in [4.69, 9.17) is 4.74 Å². The number of halogens is 1. The van der Waals surface area contributed by atoms with Gasteiger partial charge in [-0.05, 0) is 45.4 Å². The minimum atomic E-state index is 0. The first-order chi connectivity index (χ1) is 11.6. The molecule has 1 aromatic rings. The number of thiazole rings is 1. The van der Waals surface area contributed by atoms with E-state index in [1.807, 2.05) is 0 Å². The predicted molar refractivity (Wildman–Crippen MR) is 119 cm³/mol. The average molecular weight is 482 g/mol. The van der Waals surface area contributed by atoms with E-state index in [0.29, 0.717) is 5.92 Å². The van der Waals surface area contributed by atoms with Gasteiger partial charge in [-0.25, -0.2) is 4.98 Å². The fourth-order valence-corrected chi connectivity index (χ4v) is 2.96. The third-order valence-electron chi connectivity index (χ3n) is 3.29. The third kappa shape index (κ3) is 13.5. The molecule has 0 saturated heterocycles. The maximum Gasteiger partial charge on any atom is 0.191 e. The molecule has 1 heterocycles. The van der Waals surface area contributed by atoms with Gasteiger partial charge in [-0.2, -0.15) is 0 Å². The normalized spacial score (nSPS) is 11.5. The number of unbranched alkanes of at least 4 members (excludes halogenated alkanes) is 1. The summed E-state index contributed by atoms with van der Waals surface area (Å²) in [4.78, 5) is 9.09. The van der Waals surface area contributed by atoms with Crippen LogP contribution in [0.3, 0.4) is 0 Å². The van der Waals surface area contributed by atoms with Crippen LogP contribution in [0.4, 0.5) is 0 Å². The van der Waals surface area contributed by atoms with Gasteiger partial charge in [-0.15, -0.1) is 35.3 Å². The lowest BCUT2D eigenvalue weighted by Gasteiger charge is -2.11. The van der Waals surface area contributed by atoms with E-state index in [1.165, 1.54) is 5.01 Å². The zero-order valence-corrected chi connectivity index (χ0v) is 19.3. The lowest BCUT2D eigenvalue weighted by Crippen LogP contribution is -2.37. The van der Waals surface area contributed by atoms with Crippen molar-refractivity contribution in [1.82, 2.24) is 15.6 Å². The summed E-state index contributed by atoms with van der Waals surface area (Å²) in [7, 11) is 0. The van der Waals surface area contributed by atoms with E-state index in [0.717, 1.165) is 70.2 Å². The number of aryl methyl sites for hydroxylation is 2. The Bertz CT molecular complexity index is 466. The second-order valence-electron chi connectivity index (χ2n) is 6.35. The Morgan fingerprint density at radius 2 is 2.08 bits per heavy atom. The van der Waals surface area contributed by atoms with Gasteiger partial charge >= 0.3 is 0 Å². The van der Waals surface area contributed by atoms with Gasteiger partial charge in [0.05, 0.1) is 5.01 Å². The summed E-state index contributed by atoms with van der Waals surface area (Å²) >= 11 is 1.76. The van der Waals surface area contributed by atoms with E-state index in [-0.39, 0.29) is 24.0 Å². The molecule has 25 heavy (non-hydrogen) atoms. The summed E-state index contributed by atoms with van der Waals surface area (Å²) < 4.78 is 5.58. The molecule has 0 amide bonds. The molecule has 0 aliphatic rings. The van der Waals surface area contributed by atoms with Crippen LogP contribution in [0.1, 0.15) is 50.7 Å². The number of hydrogen-bond donors (Lipinski definition) is 2. The highest BCUT2D eigenvalue weighted by atomic mass is 127. The number of rotatable bonds is 12. The molecule has 0 radical (unpaired) electrons. The summed E-state index contributed by atoms with van der Waals surface area (Å²) in [5.41, 5.74) is 1.13. The van der Waals surface area contributed by atoms with E-state index in [1.54, 1.807) is 11.3 Å². The Morgan fingerprint density at radius 1 is 1.28 bits per heavy atom. The number of ether oxygens (including phenoxy) is 1. The van der Waals surface area contributed by atoms with Crippen molar-refractivity contribution < 1.29 is 4.74 Å². The highest BCUT2D eigenvalue weighted by molar-refractivity contribution is 14.0. The molecular weight excluding hydrogens is 447 g/mol. The van der Waals surface area contributed by atoms with Crippen LogP contribution in [0.2, 0.25) is 0 Å². The van der Waals surface area contributed by atoms with Gasteiger partial charge in [0.2, 0.25) is 0 Å². The molecule has 0 aliphatic heterocycles. The van der Waals surface area contributed by atoms with Crippen LogP contribution in [0.5, 0.6) is 0 Å². The Kier molecular flexibility index (Phi) is 15.6. The van der Waals surface area contributed by atoms with E-state index in [9.17, 15) is 0 Å². The highest BCUT2D eigenvalue weighted by Crippen LogP contribution is 2.11. The summed E-state index contributed by atoms with van der Waals surface area (Å²) in [6.45, 7) is 12.7. The summed E-state index contributed by atoms with van der Waals surface area (Å²) in [6, 6.07) is 0. The summed E-state index contributed by atoms with van der Waals surface area (Å²) in [5, 5.41) is 10.1. The fraction of sp³-hybridized carbons (Fsp3) is 0.778. The summed E-state index contributed by atoms with van der Waals surface area (Å²) in [6.07, 6.45) is 4.32. The van der Waals surface area contributed by atoms with Gasteiger partial charge in [-0.3, -0.25) is 4.99 Å². The van der Waals surface area contributed by atoms with Crippen LogP contribution in [-0.2, 0) is 11.2 Å². The van der Waals surface area contributed by atoms with Crippen molar-refractivity contribution in [3.63, 3.8) is 0 Å². The Morgan fingerprint density at radius 3 is 2.72 bits per heavy atom. The Hall–Kier alpha value is -0.410. The SMILES string of the molecule is CCNC(=NCCCOCC(C)C)NCCCCc1nc(C)cs1.I. The van der Waals surface area contributed by atoms with Crippen molar-refractivity contribution in [2.24, 2.45) is 10.9 Å². The number of guanidine groups is 1. The van der Waals surface area contributed by atoms with Gasteiger partial charge < -0.3 is 15.4 Å². The number of nitrogens with zero attached hydrogens (tertiary/aromatic N) is 2. The first kappa shape index (κ1) is 24.6. The molecule has 0 aromatic carbocycles. The van der Waals surface area contributed by atoms with Crippen molar-refractivity contribution in [3.05, 3.63) is 16.1 Å². The van der Waals surface area contributed by atoms with Crippen molar-refractivity contribution in [3.8, 4) is 0 Å². The second kappa shape index (κ2) is 15.8. The molecule has 146 valence electrons. The van der Waals surface area contributed by atoms with Gasteiger partial charge in [0.15, 0.2) is 5.96 Å². The van der Waals surface area contributed by atoms with Gasteiger partial charge in [0.1, 0.15) is 0 Å². The maximum atomic E-state index is 5.58. The van der Waals surface area contributed by atoms with Crippen LogP contribution >= 0.6 is 35.3 Å². The largest absolute Gasteiger partial charge is 0.381 e. The topological polar surface area (TPSA) is 58.5 Å². The molecular formula is C18H35IN4OS. The molecule has 0 fully saturated rings. The van der Waals surface area contributed by atoms with Crippen LogP contribution in [0.15, 0.2) is 10.4 Å². The van der Waals surface area contributed by atoms with Crippen LogP contribution in [0.25, 0.3) is 0 Å². The Balaban J connectivity index is 0.00000576. The molecule has 0 atom stereocenters. The van der Waals surface area contributed by atoms with E-state index in [2.05, 4.69) is 53.7 Å². The first-order valence-corrected chi connectivity index (χ1v) is 10.0. The maximum absolute atomic E-state index is 5.58. The third-order valence-corrected chi connectivity index (χ3v) is 4.31. The molecule has 5 nitrogen and oxygen atoms in total. The number of aromatic nitrogens is 1. The molecule has 0 unspecified atom stereocenters. The molecule has 0 spiro atoms. The molecule has 2 N–H and O–H groups in total. The van der Waals surface area contributed by atoms with E-state index >= 15 is 0 Å². The highest BCUT2D eigenvalue weighted by Gasteiger charge is 2.00. The van der Waals surface area contributed by atoms with Crippen molar-refractivity contribution in [2.75, 3.05) is 32.8 Å². The molecule has 0 saturated carbocycles. The fourth-order valence-electron chi connectivity index (χ4n) is 2.14. The monoisotopic (exact) mass is 482 g/mol. The van der Waals surface area contributed by atoms with Crippen LogP contribution < -0.4 is 10.6 Å². The Labute approximate surface area is 174 Å². The minimum absolute atomic E-state index is 0. The average Bonchev–Trinajstić information content (AvgIpc) is 2.95. The number of aliphatic imine (C=N–C) groups is 1. The lowest BCUT2D eigenvalue weighted by atomic mass is 10.2. The predicted octanol–water partition coefficient (Wildman–Crippen LogP) is 4.01. The van der Waals surface area contributed by atoms with Crippen LogP contribution in [-0.4, -0.2) is 43.8 Å². The van der Waals surface area contributed by atoms with Crippen molar-refractivity contribution in [2.45, 2.75) is 53.4 Å². The molecule has 0 aliphatic carbocycles. The lowest BCUT2D eigenvalue weighted by molar-refractivity contribution is 0.109. The van der Waals surface area contributed by atoms with Gasteiger partial charge in [-0.1, -0.05) is 13.8 Å². The standard InChI is InChI=1S/C18H34N4OS.HI/c1-5-19-18(21-11-8-12-23-13-15(2)3)20-10-7-6-9-17-22-16(4)14-24-17;/h14-15H,5-13H2,1-4H3,(H2,19,20,21);1H. The molecule has 0 bridgehead atoms. The van der Waals surface area contributed by atoms with Crippen molar-refractivity contribution in [1.29, 1.82) is 0 Å². The quantitative estimate of drug-likeness (QED) is 0.205. The number of nitrogens with one attached hydrogen (secondary N) is 2. The molecule has 7 heteroatoms. The zero-order chi connectivity index (χ0) is 17.6. The molecule has 1 aromatic heterocycles. The van der Waals surface area contributed by atoms with E-state index < -0.39 is 0 Å². The smallest absolute Gasteiger partial charge is 0.191 e. The first-order valence-electron chi connectivity index (χ1n) is 9.12. The minimum Gasteiger partial charge on any atom is -0.381 e. The molecule has 1 rings (SSSR count). The van der Waals surface area contributed by atoms with Gasteiger partial charge in [0.25, 0.3) is 0 Å². The number of hydrogen-bond acceptors (Lipinski definition) is 4.